The average Bonchev–Trinajstić information content (AvgIpc) is 2.60. The number of methoxy groups -OCH3 is 1. The average molecular weight is 379 g/mol. The standard InChI is InChI=1S/C18H21NO6S/c1-4-9-25-15-8-6-13(18(20)21)11-14(15)19-26(22,23)17-10-12(2)5-7-16(17)24-3/h5-8,10-11,19H,4,9H2,1-3H3,(H,20,21). The Morgan fingerprint density at radius 2 is 1.85 bits per heavy atom. The molecule has 0 aliphatic heterocycles. The molecule has 2 N–H and O–H groups in total. The largest absolute Gasteiger partial charge is 0.495 e. The Morgan fingerprint density at radius 1 is 1.15 bits per heavy atom. The van der Waals surface area contributed by atoms with E-state index in [9.17, 15) is 18.3 Å². The number of hydrogen-bond acceptors (Lipinski definition) is 5. The maximum Gasteiger partial charge on any atom is 0.335 e. The second-order valence-corrected chi connectivity index (χ2v) is 7.28. The van der Waals surface area contributed by atoms with E-state index in [2.05, 4.69) is 4.72 Å². The van der Waals surface area contributed by atoms with Crippen molar-refractivity contribution in [2.75, 3.05) is 18.4 Å². The van der Waals surface area contributed by atoms with Crippen LogP contribution in [0.4, 0.5) is 5.69 Å². The van der Waals surface area contributed by atoms with E-state index in [4.69, 9.17) is 9.47 Å². The van der Waals surface area contributed by atoms with Crippen molar-refractivity contribution in [2.45, 2.75) is 25.2 Å². The smallest absolute Gasteiger partial charge is 0.335 e. The number of aryl methyl sites for hydroxylation is 1. The van der Waals surface area contributed by atoms with Gasteiger partial charge in [-0.2, -0.15) is 0 Å². The molecule has 2 rings (SSSR count). The first-order valence-electron chi connectivity index (χ1n) is 7.96. The lowest BCUT2D eigenvalue weighted by atomic mass is 10.2. The fraction of sp³-hybridized carbons (Fsp3) is 0.278. The van der Waals surface area contributed by atoms with Gasteiger partial charge in [0.05, 0.1) is 25.0 Å². The monoisotopic (exact) mass is 379 g/mol. The highest BCUT2D eigenvalue weighted by Crippen LogP contribution is 2.31. The summed E-state index contributed by atoms with van der Waals surface area (Å²) in [7, 11) is -2.64. The lowest BCUT2D eigenvalue weighted by Gasteiger charge is -2.16. The van der Waals surface area contributed by atoms with Crippen molar-refractivity contribution in [1.29, 1.82) is 0 Å². The highest BCUT2D eigenvalue weighted by molar-refractivity contribution is 7.92. The zero-order valence-corrected chi connectivity index (χ0v) is 15.6. The molecule has 0 bridgehead atoms. The summed E-state index contributed by atoms with van der Waals surface area (Å²) in [5.41, 5.74) is 0.748. The molecule has 0 aliphatic rings. The van der Waals surface area contributed by atoms with Crippen molar-refractivity contribution in [1.82, 2.24) is 0 Å². The summed E-state index contributed by atoms with van der Waals surface area (Å²) in [6.07, 6.45) is 0.721. The first kappa shape index (κ1) is 19.6. The third kappa shape index (κ3) is 4.45. The van der Waals surface area contributed by atoms with Crippen LogP contribution < -0.4 is 14.2 Å². The summed E-state index contributed by atoms with van der Waals surface area (Å²) >= 11 is 0. The van der Waals surface area contributed by atoms with Crippen LogP contribution in [-0.4, -0.2) is 33.2 Å². The Balaban J connectivity index is 2.49. The number of nitrogens with one attached hydrogen (secondary N) is 1. The first-order chi connectivity index (χ1) is 12.3. The summed E-state index contributed by atoms with van der Waals surface area (Å²) in [6, 6.07) is 8.80. The Morgan fingerprint density at radius 3 is 2.46 bits per heavy atom. The Hall–Kier alpha value is -2.74. The third-order valence-corrected chi connectivity index (χ3v) is 4.93. The molecule has 0 aliphatic carbocycles. The number of benzene rings is 2. The summed E-state index contributed by atoms with van der Waals surface area (Å²) in [4.78, 5) is 11.2. The zero-order valence-electron chi connectivity index (χ0n) is 14.8. The van der Waals surface area contributed by atoms with Crippen molar-refractivity contribution in [3.05, 3.63) is 47.5 Å². The minimum absolute atomic E-state index is 0.0397. The van der Waals surface area contributed by atoms with Crippen LogP contribution >= 0.6 is 0 Å². The first-order valence-corrected chi connectivity index (χ1v) is 9.44. The van der Waals surface area contributed by atoms with Gasteiger partial charge in [-0.05, 0) is 49.2 Å². The minimum Gasteiger partial charge on any atom is -0.495 e. The normalized spacial score (nSPS) is 11.0. The van der Waals surface area contributed by atoms with Crippen LogP contribution in [0, 0.1) is 6.92 Å². The molecule has 0 spiro atoms. The van der Waals surface area contributed by atoms with E-state index in [0.717, 1.165) is 12.0 Å². The molecular weight excluding hydrogens is 358 g/mol. The molecule has 8 heteroatoms. The molecule has 0 heterocycles. The lowest BCUT2D eigenvalue weighted by Crippen LogP contribution is -2.16. The van der Waals surface area contributed by atoms with E-state index in [0.29, 0.717) is 6.61 Å². The molecule has 0 unspecified atom stereocenters. The van der Waals surface area contributed by atoms with E-state index in [1.54, 1.807) is 19.1 Å². The molecule has 2 aromatic rings. The fourth-order valence-corrected chi connectivity index (χ4v) is 3.59. The maximum absolute atomic E-state index is 12.8. The van der Waals surface area contributed by atoms with Crippen molar-refractivity contribution < 1.29 is 27.8 Å². The second kappa shape index (κ2) is 8.09. The molecule has 0 saturated heterocycles. The van der Waals surface area contributed by atoms with Gasteiger partial charge in [-0.25, -0.2) is 13.2 Å². The molecule has 26 heavy (non-hydrogen) atoms. The van der Waals surface area contributed by atoms with E-state index < -0.39 is 16.0 Å². The fourth-order valence-electron chi connectivity index (χ4n) is 2.27. The van der Waals surface area contributed by atoms with Crippen LogP contribution in [0.2, 0.25) is 0 Å². The SMILES string of the molecule is CCCOc1ccc(C(=O)O)cc1NS(=O)(=O)c1cc(C)ccc1OC. The van der Waals surface area contributed by atoms with Gasteiger partial charge in [0.25, 0.3) is 10.0 Å². The Bertz CT molecular complexity index is 908. The molecule has 0 saturated carbocycles. The lowest BCUT2D eigenvalue weighted by molar-refractivity contribution is 0.0697. The van der Waals surface area contributed by atoms with Gasteiger partial charge in [0.2, 0.25) is 0 Å². The predicted octanol–water partition coefficient (Wildman–Crippen LogP) is 3.29. The molecule has 2 aromatic carbocycles. The van der Waals surface area contributed by atoms with Crippen LogP contribution in [0.15, 0.2) is 41.3 Å². The highest BCUT2D eigenvalue weighted by Gasteiger charge is 2.22. The van der Waals surface area contributed by atoms with Gasteiger partial charge >= 0.3 is 5.97 Å². The number of carbonyl (C=O) groups is 1. The highest BCUT2D eigenvalue weighted by atomic mass is 32.2. The number of ether oxygens (including phenoxy) is 2. The molecule has 7 nitrogen and oxygen atoms in total. The van der Waals surface area contributed by atoms with Crippen LogP contribution in [0.1, 0.15) is 29.3 Å². The third-order valence-electron chi connectivity index (χ3n) is 3.54. The van der Waals surface area contributed by atoms with E-state index >= 15 is 0 Å². The zero-order chi connectivity index (χ0) is 19.3. The second-order valence-electron chi connectivity index (χ2n) is 5.62. The van der Waals surface area contributed by atoms with Crippen molar-refractivity contribution in [2.24, 2.45) is 0 Å². The van der Waals surface area contributed by atoms with Gasteiger partial charge in [-0.15, -0.1) is 0 Å². The molecule has 0 radical (unpaired) electrons. The van der Waals surface area contributed by atoms with Gasteiger partial charge in [-0.3, -0.25) is 4.72 Å². The van der Waals surface area contributed by atoms with Crippen LogP contribution in [0.25, 0.3) is 0 Å². The number of carboxylic acids is 1. The predicted molar refractivity (Wildman–Crippen MR) is 97.7 cm³/mol. The van der Waals surface area contributed by atoms with Crippen LogP contribution in [0.5, 0.6) is 11.5 Å². The van der Waals surface area contributed by atoms with Crippen LogP contribution in [-0.2, 0) is 10.0 Å². The minimum atomic E-state index is -4.02. The van der Waals surface area contributed by atoms with Crippen molar-refractivity contribution in [3.63, 3.8) is 0 Å². The summed E-state index contributed by atoms with van der Waals surface area (Å²) in [5.74, 6) is -0.721. The summed E-state index contributed by atoms with van der Waals surface area (Å²) in [5, 5.41) is 9.17. The summed E-state index contributed by atoms with van der Waals surface area (Å²) in [6.45, 7) is 4.04. The van der Waals surface area contributed by atoms with Crippen LogP contribution in [0.3, 0.4) is 0 Å². The van der Waals surface area contributed by atoms with Gasteiger partial charge in [0, 0.05) is 0 Å². The summed E-state index contributed by atoms with van der Waals surface area (Å²) < 4.78 is 38.8. The van der Waals surface area contributed by atoms with Gasteiger partial charge in [0.1, 0.15) is 16.4 Å². The Labute approximate surface area is 152 Å². The quantitative estimate of drug-likeness (QED) is 0.730. The number of carboxylic acid groups (broad SMARTS) is 1. The number of hydrogen-bond donors (Lipinski definition) is 2. The topological polar surface area (TPSA) is 102 Å². The van der Waals surface area contributed by atoms with Crippen molar-refractivity contribution in [3.8, 4) is 11.5 Å². The van der Waals surface area contributed by atoms with E-state index in [1.165, 1.54) is 31.4 Å². The number of anilines is 1. The van der Waals surface area contributed by atoms with Gasteiger partial charge in [-0.1, -0.05) is 13.0 Å². The molecule has 0 fully saturated rings. The van der Waals surface area contributed by atoms with Crippen molar-refractivity contribution >= 4 is 21.7 Å². The molecular formula is C18H21NO6S. The Kier molecular flexibility index (Phi) is 6.10. The van der Waals surface area contributed by atoms with E-state index in [-0.39, 0.29) is 27.6 Å². The number of rotatable bonds is 8. The molecule has 0 atom stereocenters. The number of sulfonamides is 1. The molecule has 140 valence electrons. The van der Waals surface area contributed by atoms with Gasteiger partial charge in [0.15, 0.2) is 0 Å². The van der Waals surface area contributed by atoms with E-state index in [1.807, 2.05) is 6.92 Å². The number of aromatic carboxylic acids is 1. The maximum atomic E-state index is 12.8. The van der Waals surface area contributed by atoms with Gasteiger partial charge < -0.3 is 14.6 Å². The molecule has 0 amide bonds. The molecule has 0 aromatic heterocycles.